The van der Waals surface area contributed by atoms with Gasteiger partial charge >= 0.3 is 0 Å². The van der Waals surface area contributed by atoms with Gasteiger partial charge in [-0.3, -0.25) is 14.5 Å². The monoisotopic (exact) mass is 385 g/mol. The smallest absolute Gasteiger partial charge is 0.251 e. The molecule has 0 radical (unpaired) electrons. The SMILES string of the molecule is O=C1C[C@H](N2CCN(c3ccccc3O)CC2)C(=O)N1c1ccc(Cl)cc1. The van der Waals surface area contributed by atoms with E-state index in [1.165, 1.54) is 4.90 Å². The Kier molecular flexibility index (Phi) is 4.76. The number of anilines is 2. The maximum atomic E-state index is 12.9. The molecule has 0 aliphatic carbocycles. The minimum absolute atomic E-state index is 0.182. The Morgan fingerprint density at radius 1 is 0.926 bits per heavy atom. The molecule has 4 rings (SSSR count). The first-order valence-corrected chi connectivity index (χ1v) is 9.32. The van der Waals surface area contributed by atoms with Gasteiger partial charge in [0.05, 0.1) is 23.8 Å². The van der Waals surface area contributed by atoms with E-state index < -0.39 is 6.04 Å². The Morgan fingerprint density at radius 3 is 2.26 bits per heavy atom. The number of aromatic hydroxyl groups is 1. The molecule has 2 saturated heterocycles. The van der Waals surface area contributed by atoms with E-state index in [1.807, 2.05) is 12.1 Å². The number of benzene rings is 2. The van der Waals surface area contributed by atoms with E-state index >= 15 is 0 Å². The first kappa shape index (κ1) is 17.8. The average molecular weight is 386 g/mol. The highest BCUT2D eigenvalue weighted by atomic mass is 35.5. The van der Waals surface area contributed by atoms with E-state index in [0.717, 1.165) is 5.69 Å². The quantitative estimate of drug-likeness (QED) is 0.822. The molecule has 7 heteroatoms. The van der Waals surface area contributed by atoms with Crippen molar-refractivity contribution in [1.29, 1.82) is 0 Å². The van der Waals surface area contributed by atoms with E-state index in [2.05, 4.69) is 9.80 Å². The van der Waals surface area contributed by atoms with Crippen LogP contribution in [0.5, 0.6) is 5.75 Å². The lowest BCUT2D eigenvalue weighted by Gasteiger charge is -2.38. The highest BCUT2D eigenvalue weighted by molar-refractivity contribution is 6.30. The molecule has 0 aromatic heterocycles. The van der Waals surface area contributed by atoms with Crippen molar-refractivity contribution in [2.45, 2.75) is 12.5 Å². The van der Waals surface area contributed by atoms with Crippen molar-refractivity contribution in [2.75, 3.05) is 36.0 Å². The number of rotatable bonds is 3. The molecule has 2 fully saturated rings. The standard InChI is InChI=1S/C20H20ClN3O3/c21-14-5-7-15(8-6-14)24-19(26)13-17(20(24)27)23-11-9-22(10-12-23)16-3-1-2-4-18(16)25/h1-8,17,25H,9-13H2/t17-/m0/s1. The van der Waals surface area contributed by atoms with Gasteiger partial charge in [0.15, 0.2) is 0 Å². The highest BCUT2D eigenvalue weighted by Gasteiger charge is 2.43. The third-order valence-electron chi connectivity index (χ3n) is 5.19. The molecule has 140 valence electrons. The summed E-state index contributed by atoms with van der Waals surface area (Å²) in [7, 11) is 0. The fourth-order valence-electron chi connectivity index (χ4n) is 3.77. The Bertz CT molecular complexity index is 863. The van der Waals surface area contributed by atoms with Crippen molar-refractivity contribution in [3.05, 3.63) is 53.6 Å². The Balaban J connectivity index is 1.44. The van der Waals surface area contributed by atoms with Crippen LogP contribution in [0, 0.1) is 0 Å². The number of halogens is 1. The number of nitrogens with zero attached hydrogens (tertiary/aromatic N) is 3. The van der Waals surface area contributed by atoms with Crippen LogP contribution < -0.4 is 9.80 Å². The summed E-state index contributed by atoms with van der Waals surface area (Å²) in [5.41, 5.74) is 1.36. The van der Waals surface area contributed by atoms with Crippen molar-refractivity contribution in [1.82, 2.24) is 4.90 Å². The third kappa shape index (κ3) is 3.38. The van der Waals surface area contributed by atoms with Crippen molar-refractivity contribution < 1.29 is 14.7 Å². The second-order valence-corrected chi connectivity index (χ2v) is 7.21. The largest absolute Gasteiger partial charge is 0.506 e. The summed E-state index contributed by atoms with van der Waals surface area (Å²) < 4.78 is 0. The van der Waals surface area contributed by atoms with Crippen LogP contribution in [0.3, 0.4) is 0 Å². The first-order chi connectivity index (χ1) is 13.0. The van der Waals surface area contributed by atoms with Crippen molar-refractivity contribution in [2.24, 2.45) is 0 Å². The maximum Gasteiger partial charge on any atom is 0.251 e. The summed E-state index contributed by atoms with van der Waals surface area (Å²) in [6, 6.07) is 13.6. The Labute approximate surface area is 162 Å². The zero-order valence-electron chi connectivity index (χ0n) is 14.7. The molecule has 1 N–H and O–H groups in total. The minimum atomic E-state index is -0.431. The van der Waals surface area contributed by atoms with Crippen molar-refractivity contribution in [3.8, 4) is 5.75 Å². The second kappa shape index (κ2) is 7.21. The average Bonchev–Trinajstić information content (AvgIpc) is 2.97. The van der Waals surface area contributed by atoms with Gasteiger partial charge in [-0.1, -0.05) is 23.7 Å². The molecule has 2 aliphatic rings. The number of imide groups is 1. The molecule has 2 amide bonds. The number of hydrogen-bond acceptors (Lipinski definition) is 5. The zero-order chi connectivity index (χ0) is 19.0. The fourth-order valence-corrected chi connectivity index (χ4v) is 3.89. The molecule has 0 saturated carbocycles. The van der Waals surface area contributed by atoms with Crippen molar-refractivity contribution in [3.63, 3.8) is 0 Å². The van der Waals surface area contributed by atoms with Gasteiger partial charge in [-0.15, -0.1) is 0 Å². The third-order valence-corrected chi connectivity index (χ3v) is 5.44. The molecule has 0 bridgehead atoms. The summed E-state index contributed by atoms with van der Waals surface area (Å²) in [6.07, 6.45) is 0.193. The molecule has 0 spiro atoms. The van der Waals surface area contributed by atoms with Crippen LogP contribution in [-0.4, -0.2) is 54.0 Å². The van der Waals surface area contributed by atoms with Crippen LogP contribution in [0.25, 0.3) is 0 Å². The summed E-state index contributed by atoms with van der Waals surface area (Å²) in [5.74, 6) is -0.110. The van der Waals surface area contributed by atoms with Crippen LogP contribution in [0.4, 0.5) is 11.4 Å². The van der Waals surface area contributed by atoms with Crippen LogP contribution in [0.1, 0.15) is 6.42 Å². The molecule has 1 atom stereocenters. The Hall–Kier alpha value is -2.57. The van der Waals surface area contributed by atoms with Gasteiger partial charge in [0.2, 0.25) is 5.91 Å². The van der Waals surface area contributed by atoms with E-state index in [4.69, 9.17) is 11.6 Å². The minimum Gasteiger partial charge on any atom is -0.506 e. The molecule has 6 nitrogen and oxygen atoms in total. The van der Waals surface area contributed by atoms with E-state index in [9.17, 15) is 14.7 Å². The van der Waals surface area contributed by atoms with Crippen LogP contribution in [0.15, 0.2) is 48.5 Å². The van der Waals surface area contributed by atoms with Gasteiger partial charge in [0.1, 0.15) is 5.75 Å². The molecule has 2 heterocycles. The summed E-state index contributed by atoms with van der Waals surface area (Å²) in [4.78, 5) is 30.8. The van der Waals surface area contributed by atoms with E-state index in [-0.39, 0.29) is 24.0 Å². The number of carbonyl (C=O) groups is 2. The molecular weight excluding hydrogens is 366 g/mol. The molecule has 2 aromatic carbocycles. The van der Waals surface area contributed by atoms with Gasteiger partial charge in [0.25, 0.3) is 5.91 Å². The summed E-state index contributed by atoms with van der Waals surface area (Å²) in [5, 5.41) is 10.6. The topological polar surface area (TPSA) is 64.1 Å². The number of phenolic OH excluding ortho intramolecular Hbond substituents is 1. The maximum absolute atomic E-state index is 12.9. The van der Waals surface area contributed by atoms with Crippen molar-refractivity contribution >= 4 is 34.8 Å². The second-order valence-electron chi connectivity index (χ2n) is 6.78. The highest BCUT2D eigenvalue weighted by Crippen LogP contribution is 2.30. The fraction of sp³-hybridized carbons (Fsp3) is 0.300. The molecule has 2 aliphatic heterocycles. The molecule has 27 heavy (non-hydrogen) atoms. The first-order valence-electron chi connectivity index (χ1n) is 8.94. The van der Waals surface area contributed by atoms with E-state index in [1.54, 1.807) is 36.4 Å². The number of phenols is 1. The Morgan fingerprint density at radius 2 is 1.59 bits per heavy atom. The zero-order valence-corrected chi connectivity index (χ0v) is 15.5. The van der Waals surface area contributed by atoms with Crippen LogP contribution in [-0.2, 0) is 9.59 Å². The predicted molar refractivity (Wildman–Crippen MR) is 104 cm³/mol. The van der Waals surface area contributed by atoms with Gasteiger partial charge < -0.3 is 10.0 Å². The lowest BCUT2D eigenvalue weighted by molar-refractivity contribution is -0.123. The number of piperazine rings is 1. The number of para-hydroxylation sites is 2. The number of carbonyl (C=O) groups excluding carboxylic acids is 2. The molecule has 0 unspecified atom stereocenters. The predicted octanol–water partition coefficient (Wildman–Crippen LogP) is 2.50. The number of amides is 2. The lowest BCUT2D eigenvalue weighted by Crippen LogP contribution is -2.52. The van der Waals surface area contributed by atoms with Crippen LogP contribution in [0.2, 0.25) is 5.02 Å². The molecular formula is C20H20ClN3O3. The van der Waals surface area contributed by atoms with Crippen LogP contribution >= 0.6 is 11.6 Å². The summed E-state index contributed by atoms with van der Waals surface area (Å²) in [6.45, 7) is 2.70. The van der Waals surface area contributed by atoms with Gasteiger partial charge in [-0.25, -0.2) is 4.90 Å². The molecule has 2 aromatic rings. The summed E-state index contributed by atoms with van der Waals surface area (Å²) >= 11 is 5.90. The van der Waals surface area contributed by atoms with Gasteiger partial charge in [0, 0.05) is 31.2 Å². The normalized spacial score (nSPS) is 21.1. The van der Waals surface area contributed by atoms with E-state index in [0.29, 0.717) is 36.9 Å². The van der Waals surface area contributed by atoms with Gasteiger partial charge in [-0.2, -0.15) is 0 Å². The number of hydrogen-bond donors (Lipinski definition) is 1. The van der Waals surface area contributed by atoms with Gasteiger partial charge in [-0.05, 0) is 36.4 Å². The lowest BCUT2D eigenvalue weighted by atomic mass is 10.1.